The normalized spacial score (nSPS) is 25.9. The predicted molar refractivity (Wildman–Crippen MR) is 72.9 cm³/mol. The molecule has 1 heterocycles. The molecule has 1 fully saturated rings. The van der Waals surface area contributed by atoms with E-state index in [1.807, 2.05) is 18.7 Å². The van der Waals surface area contributed by atoms with Crippen molar-refractivity contribution in [1.82, 2.24) is 9.78 Å². The van der Waals surface area contributed by atoms with E-state index < -0.39 is 0 Å². The van der Waals surface area contributed by atoms with E-state index in [0.717, 1.165) is 30.0 Å². The molecule has 2 nitrogen and oxygen atoms in total. The molecule has 1 saturated carbocycles. The second-order valence-electron chi connectivity index (χ2n) is 5.16. The van der Waals surface area contributed by atoms with E-state index in [2.05, 4.69) is 5.10 Å². The summed E-state index contributed by atoms with van der Waals surface area (Å²) in [5.74, 6) is 0.660. The highest BCUT2D eigenvalue weighted by molar-refractivity contribution is 6.31. The average Bonchev–Trinajstić information content (AvgIpc) is 2.46. The lowest BCUT2D eigenvalue weighted by Gasteiger charge is -2.16. The minimum atomic E-state index is 0.343. The van der Waals surface area contributed by atoms with Crippen molar-refractivity contribution in [2.24, 2.45) is 13.0 Å². The van der Waals surface area contributed by atoms with Gasteiger partial charge in [-0.05, 0) is 32.1 Å². The molecule has 17 heavy (non-hydrogen) atoms. The maximum absolute atomic E-state index is 6.31. The van der Waals surface area contributed by atoms with Crippen molar-refractivity contribution in [2.45, 2.75) is 50.8 Å². The fourth-order valence-electron chi connectivity index (χ4n) is 2.76. The molecule has 1 aromatic heterocycles. The van der Waals surface area contributed by atoms with E-state index in [1.165, 1.54) is 25.0 Å². The second-order valence-corrected chi connectivity index (χ2v) is 6.15. The van der Waals surface area contributed by atoms with Gasteiger partial charge in [-0.1, -0.05) is 30.9 Å². The van der Waals surface area contributed by atoms with E-state index in [1.54, 1.807) is 0 Å². The molecule has 0 bridgehead atoms. The maximum Gasteiger partial charge on any atom is 0.0847 e. The summed E-state index contributed by atoms with van der Waals surface area (Å²) >= 11 is 12.6. The van der Waals surface area contributed by atoms with Crippen LogP contribution in [0.15, 0.2) is 0 Å². The van der Waals surface area contributed by atoms with Crippen LogP contribution in [-0.4, -0.2) is 15.2 Å². The second kappa shape index (κ2) is 5.62. The number of alkyl halides is 1. The Morgan fingerprint density at radius 1 is 1.35 bits per heavy atom. The highest BCUT2D eigenvalue weighted by atomic mass is 35.5. The van der Waals surface area contributed by atoms with E-state index in [0.29, 0.717) is 11.3 Å². The van der Waals surface area contributed by atoms with Gasteiger partial charge >= 0.3 is 0 Å². The van der Waals surface area contributed by atoms with E-state index in [9.17, 15) is 0 Å². The van der Waals surface area contributed by atoms with Crippen molar-refractivity contribution in [1.29, 1.82) is 0 Å². The largest absolute Gasteiger partial charge is 0.271 e. The SMILES string of the molecule is Cc1nn(C)c(CC2CCCCC(Cl)C2)c1Cl. The first-order valence-corrected chi connectivity index (χ1v) is 7.21. The molecule has 2 atom stereocenters. The summed E-state index contributed by atoms with van der Waals surface area (Å²) in [7, 11) is 1.98. The maximum atomic E-state index is 6.31. The smallest absolute Gasteiger partial charge is 0.0847 e. The van der Waals surface area contributed by atoms with Gasteiger partial charge in [-0.25, -0.2) is 0 Å². The number of nitrogens with zero attached hydrogens (tertiary/aromatic N) is 2. The van der Waals surface area contributed by atoms with Crippen LogP contribution in [0.3, 0.4) is 0 Å². The Kier molecular flexibility index (Phi) is 4.37. The number of halogens is 2. The Bertz CT molecular complexity index is 387. The molecular formula is C13H20Cl2N2. The molecule has 0 aromatic carbocycles. The number of rotatable bonds is 2. The van der Waals surface area contributed by atoms with Gasteiger partial charge in [0.1, 0.15) is 0 Å². The molecule has 0 saturated heterocycles. The monoisotopic (exact) mass is 274 g/mol. The van der Waals surface area contributed by atoms with Gasteiger partial charge in [-0.2, -0.15) is 5.10 Å². The first-order valence-electron chi connectivity index (χ1n) is 6.40. The van der Waals surface area contributed by atoms with Crippen molar-refractivity contribution in [3.63, 3.8) is 0 Å². The minimum absolute atomic E-state index is 0.343. The first kappa shape index (κ1) is 13.2. The molecule has 4 heteroatoms. The Labute approximate surface area is 113 Å². The lowest BCUT2D eigenvalue weighted by Crippen LogP contribution is -2.11. The van der Waals surface area contributed by atoms with Crippen molar-refractivity contribution >= 4 is 23.2 Å². The van der Waals surface area contributed by atoms with Crippen molar-refractivity contribution in [3.05, 3.63) is 16.4 Å². The molecule has 0 spiro atoms. The highest BCUT2D eigenvalue weighted by Crippen LogP contribution is 2.31. The Morgan fingerprint density at radius 3 is 2.71 bits per heavy atom. The van der Waals surface area contributed by atoms with Gasteiger partial charge in [0.05, 0.1) is 16.4 Å². The van der Waals surface area contributed by atoms with Gasteiger partial charge in [0.2, 0.25) is 0 Å². The summed E-state index contributed by atoms with van der Waals surface area (Å²) in [6, 6.07) is 0. The van der Waals surface area contributed by atoms with Crippen LogP contribution in [0.2, 0.25) is 5.02 Å². The fraction of sp³-hybridized carbons (Fsp3) is 0.769. The van der Waals surface area contributed by atoms with Gasteiger partial charge in [-0.3, -0.25) is 4.68 Å². The molecule has 0 aliphatic heterocycles. The zero-order valence-electron chi connectivity index (χ0n) is 10.5. The van der Waals surface area contributed by atoms with Crippen molar-refractivity contribution in [2.75, 3.05) is 0 Å². The Morgan fingerprint density at radius 2 is 2.06 bits per heavy atom. The topological polar surface area (TPSA) is 17.8 Å². The van der Waals surface area contributed by atoms with Gasteiger partial charge in [0.25, 0.3) is 0 Å². The zero-order valence-corrected chi connectivity index (χ0v) is 12.1. The van der Waals surface area contributed by atoms with Crippen LogP contribution in [0, 0.1) is 12.8 Å². The molecule has 1 aromatic rings. The van der Waals surface area contributed by atoms with Gasteiger partial charge in [-0.15, -0.1) is 11.6 Å². The lowest BCUT2D eigenvalue weighted by atomic mass is 9.94. The standard InChI is InChI=1S/C13H20Cl2N2/c1-9-13(15)12(17(2)16-9)8-10-5-3-4-6-11(14)7-10/h10-11H,3-8H2,1-2H3. The number of hydrogen-bond donors (Lipinski definition) is 0. The van der Waals surface area contributed by atoms with Crippen LogP contribution in [0.25, 0.3) is 0 Å². The molecule has 1 aliphatic carbocycles. The van der Waals surface area contributed by atoms with Crippen LogP contribution in [0.5, 0.6) is 0 Å². The molecular weight excluding hydrogens is 255 g/mol. The molecule has 96 valence electrons. The summed E-state index contributed by atoms with van der Waals surface area (Å²) in [6.07, 6.45) is 7.12. The van der Waals surface area contributed by atoms with E-state index >= 15 is 0 Å². The van der Waals surface area contributed by atoms with Crippen LogP contribution >= 0.6 is 23.2 Å². The molecule has 0 radical (unpaired) electrons. The quantitative estimate of drug-likeness (QED) is 0.586. The summed E-state index contributed by atoms with van der Waals surface area (Å²) in [6.45, 7) is 1.96. The van der Waals surface area contributed by atoms with Crippen LogP contribution in [0.1, 0.15) is 43.5 Å². The third kappa shape index (κ3) is 3.17. The number of aromatic nitrogens is 2. The summed E-state index contributed by atoms with van der Waals surface area (Å²) in [4.78, 5) is 0. The number of aryl methyl sites for hydroxylation is 2. The first-order chi connectivity index (χ1) is 8.08. The van der Waals surface area contributed by atoms with Crippen LogP contribution in [-0.2, 0) is 13.5 Å². The van der Waals surface area contributed by atoms with Crippen LogP contribution in [0.4, 0.5) is 0 Å². The zero-order chi connectivity index (χ0) is 12.4. The average molecular weight is 275 g/mol. The number of hydrogen-bond acceptors (Lipinski definition) is 1. The van der Waals surface area contributed by atoms with Gasteiger partial charge < -0.3 is 0 Å². The molecule has 1 aliphatic rings. The van der Waals surface area contributed by atoms with Gasteiger partial charge in [0.15, 0.2) is 0 Å². The molecule has 2 rings (SSSR count). The van der Waals surface area contributed by atoms with Crippen LogP contribution < -0.4 is 0 Å². The summed E-state index contributed by atoms with van der Waals surface area (Å²) in [5.41, 5.74) is 2.10. The predicted octanol–water partition coefficient (Wildman–Crippen LogP) is 4.11. The summed E-state index contributed by atoms with van der Waals surface area (Å²) in [5, 5.41) is 5.55. The Hall–Kier alpha value is -0.210. The van der Waals surface area contributed by atoms with Crippen molar-refractivity contribution in [3.8, 4) is 0 Å². The van der Waals surface area contributed by atoms with E-state index in [4.69, 9.17) is 23.2 Å². The lowest BCUT2D eigenvalue weighted by molar-refractivity contribution is 0.447. The highest BCUT2D eigenvalue weighted by Gasteiger charge is 2.22. The van der Waals surface area contributed by atoms with Gasteiger partial charge in [0, 0.05) is 12.4 Å². The fourth-order valence-corrected chi connectivity index (χ4v) is 3.40. The third-order valence-corrected chi connectivity index (χ3v) is 4.60. The van der Waals surface area contributed by atoms with Crippen molar-refractivity contribution < 1.29 is 0 Å². The molecule has 2 unspecified atom stereocenters. The Balaban J connectivity index is 2.08. The molecule has 0 N–H and O–H groups in total. The minimum Gasteiger partial charge on any atom is -0.271 e. The molecule has 0 amide bonds. The van der Waals surface area contributed by atoms with E-state index in [-0.39, 0.29) is 0 Å². The summed E-state index contributed by atoms with van der Waals surface area (Å²) < 4.78 is 1.92. The third-order valence-electron chi connectivity index (χ3n) is 3.71.